The molecule has 13 heavy (non-hydrogen) atoms. The van der Waals surface area contributed by atoms with Gasteiger partial charge in [-0.15, -0.1) is 0 Å². The Labute approximate surface area is 77.2 Å². The Morgan fingerprint density at radius 2 is 2.31 bits per heavy atom. The highest BCUT2D eigenvalue weighted by Crippen LogP contribution is 2.22. The molecule has 0 amide bonds. The minimum atomic E-state index is 0.920. The molecule has 0 aliphatic carbocycles. The molecule has 2 heteroatoms. The van der Waals surface area contributed by atoms with Crippen LogP contribution in [0.3, 0.4) is 0 Å². The van der Waals surface area contributed by atoms with E-state index in [2.05, 4.69) is 17.2 Å². The van der Waals surface area contributed by atoms with Crippen molar-refractivity contribution in [2.24, 2.45) is 0 Å². The molecule has 2 rings (SSSR count). The lowest BCUT2D eigenvalue weighted by Crippen LogP contribution is -1.90. The Morgan fingerprint density at radius 1 is 1.38 bits per heavy atom. The number of hydrogen-bond donors (Lipinski definition) is 1. The van der Waals surface area contributed by atoms with E-state index >= 15 is 0 Å². The highest BCUT2D eigenvalue weighted by molar-refractivity contribution is 5.58. The van der Waals surface area contributed by atoms with Gasteiger partial charge in [-0.2, -0.15) is 5.26 Å². The predicted molar refractivity (Wildman–Crippen MR) is 51.1 cm³/mol. The minimum absolute atomic E-state index is 0.920. The Bertz CT molecular complexity index is 430. The molecule has 1 aromatic carbocycles. The third-order valence-corrected chi connectivity index (χ3v) is 2.08. The average Bonchev–Trinajstić information content (AvgIpc) is 2.61. The first-order valence-electron chi connectivity index (χ1n) is 4.17. The standard InChI is InChI=1S/C11H8N2/c12-6-1-2-9-3-4-11-10(8-9)5-7-13-11/h3-4,8,13H,5,7H2. The quantitative estimate of drug-likeness (QED) is 0.596. The summed E-state index contributed by atoms with van der Waals surface area (Å²) in [6.07, 6.45) is 1.05. The van der Waals surface area contributed by atoms with Gasteiger partial charge in [0, 0.05) is 23.7 Å². The second kappa shape index (κ2) is 3.21. The summed E-state index contributed by atoms with van der Waals surface area (Å²) in [5, 5.41) is 11.6. The van der Waals surface area contributed by atoms with Crippen LogP contribution in [0.25, 0.3) is 0 Å². The number of anilines is 1. The normalized spacial score (nSPS) is 11.9. The van der Waals surface area contributed by atoms with Crippen molar-refractivity contribution < 1.29 is 0 Å². The molecule has 0 bridgehead atoms. The summed E-state index contributed by atoms with van der Waals surface area (Å²) in [6, 6.07) is 7.80. The SMILES string of the molecule is N#CC#Cc1ccc2c(c1)CCN2. The summed E-state index contributed by atoms with van der Waals surface area (Å²) in [5.74, 6) is 5.18. The maximum Gasteiger partial charge on any atom is 0.152 e. The smallest absolute Gasteiger partial charge is 0.152 e. The molecule has 1 aliphatic heterocycles. The maximum absolute atomic E-state index is 8.29. The number of rotatable bonds is 0. The fourth-order valence-corrected chi connectivity index (χ4v) is 1.48. The molecule has 0 spiro atoms. The topological polar surface area (TPSA) is 35.8 Å². The fraction of sp³-hybridized carbons (Fsp3) is 0.182. The lowest BCUT2D eigenvalue weighted by Gasteiger charge is -1.98. The lowest BCUT2D eigenvalue weighted by molar-refractivity contribution is 1.11. The van der Waals surface area contributed by atoms with Crippen LogP contribution in [0.1, 0.15) is 11.1 Å². The summed E-state index contributed by atoms with van der Waals surface area (Å²) in [4.78, 5) is 0. The molecule has 0 unspecified atom stereocenters. The van der Waals surface area contributed by atoms with Crippen molar-refractivity contribution >= 4 is 5.69 Å². The van der Waals surface area contributed by atoms with Gasteiger partial charge in [-0.1, -0.05) is 5.92 Å². The zero-order chi connectivity index (χ0) is 9.10. The molecule has 1 aliphatic rings. The van der Waals surface area contributed by atoms with E-state index in [9.17, 15) is 0 Å². The van der Waals surface area contributed by atoms with Crippen molar-refractivity contribution in [2.45, 2.75) is 6.42 Å². The van der Waals surface area contributed by atoms with Gasteiger partial charge < -0.3 is 5.32 Å². The highest BCUT2D eigenvalue weighted by Gasteiger charge is 2.08. The average molecular weight is 168 g/mol. The molecule has 0 saturated carbocycles. The van der Waals surface area contributed by atoms with E-state index in [4.69, 9.17) is 5.26 Å². The van der Waals surface area contributed by atoms with E-state index < -0.39 is 0 Å². The highest BCUT2D eigenvalue weighted by atomic mass is 14.9. The van der Waals surface area contributed by atoms with Gasteiger partial charge >= 0.3 is 0 Å². The largest absolute Gasteiger partial charge is 0.384 e. The Kier molecular flexibility index (Phi) is 1.90. The van der Waals surface area contributed by atoms with Crippen molar-refractivity contribution in [3.05, 3.63) is 29.3 Å². The summed E-state index contributed by atoms with van der Waals surface area (Å²) in [6.45, 7) is 1.00. The van der Waals surface area contributed by atoms with Gasteiger partial charge in [0.15, 0.2) is 6.07 Å². The second-order valence-corrected chi connectivity index (χ2v) is 2.91. The molecular formula is C11H8N2. The minimum Gasteiger partial charge on any atom is -0.384 e. The van der Waals surface area contributed by atoms with Crippen molar-refractivity contribution in [2.75, 3.05) is 11.9 Å². The lowest BCUT2D eigenvalue weighted by atomic mass is 10.1. The predicted octanol–water partition coefficient (Wildman–Crippen LogP) is 1.53. The number of nitrogens with one attached hydrogen (secondary N) is 1. The summed E-state index contributed by atoms with van der Waals surface area (Å²) in [7, 11) is 0. The third-order valence-electron chi connectivity index (χ3n) is 2.08. The molecule has 0 aromatic heterocycles. The van der Waals surface area contributed by atoms with Crippen molar-refractivity contribution in [3.8, 4) is 17.9 Å². The first-order valence-corrected chi connectivity index (χ1v) is 4.17. The van der Waals surface area contributed by atoms with Crippen LogP contribution in [0.4, 0.5) is 5.69 Å². The van der Waals surface area contributed by atoms with Crippen LogP contribution in [-0.2, 0) is 6.42 Å². The fourth-order valence-electron chi connectivity index (χ4n) is 1.48. The van der Waals surface area contributed by atoms with Gasteiger partial charge in [-0.05, 0) is 30.2 Å². The van der Waals surface area contributed by atoms with Gasteiger partial charge in [0.1, 0.15) is 0 Å². The van der Waals surface area contributed by atoms with Crippen LogP contribution in [0.5, 0.6) is 0 Å². The van der Waals surface area contributed by atoms with Crippen LogP contribution in [0.2, 0.25) is 0 Å². The zero-order valence-corrected chi connectivity index (χ0v) is 7.09. The number of nitrogens with zero attached hydrogens (tertiary/aromatic N) is 1. The van der Waals surface area contributed by atoms with Crippen molar-refractivity contribution in [1.82, 2.24) is 0 Å². The van der Waals surface area contributed by atoms with Crippen LogP contribution in [0.15, 0.2) is 18.2 Å². The van der Waals surface area contributed by atoms with Crippen LogP contribution < -0.4 is 5.32 Å². The van der Waals surface area contributed by atoms with Gasteiger partial charge in [0.25, 0.3) is 0 Å². The van der Waals surface area contributed by atoms with E-state index in [1.807, 2.05) is 24.3 Å². The molecule has 62 valence electrons. The Balaban J connectivity index is 2.37. The van der Waals surface area contributed by atoms with Gasteiger partial charge in [-0.3, -0.25) is 0 Å². The second-order valence-electron chi connectivity index (χ2n) is 2.91. The van der Waals surface area contributed by atoms with E-state index in [0.717, 1.165) is 18.5 Å². The van der Waals surface area contributed by atoms with Gasteiger partial charge in [0.05, 0.1) is 0 Å². The van der Waals surface area contributed by atoms with Crippen LogP contribution in [-0.4, -0.2) is 6.54 Å². The zero-order valence-electron chi connectivity index (χ0n) is 7.09. The molecule has 1 heterocycles. The molecule has 0 radical (unpaired) electrons. The molecular weight excluding hydrogens is 160 g/mol. The van der Waals surface area contributed by atoms with E-state index in [1.54, 1.807) is 0 Å². The van der Waals surface area contributed by atoms with Crippen LogP contribution >= 0.6 is 0 Å². The molecule has 0 saturated heterocycles. The molecule has 0 fully saturated rings. The van der Waals surface area contributed by atoms with Crippen LogP contribution in [0, 0.1) is 23.2 Å². The number of fused-ring (bicyclic) bond motifs is 1. The van der Waals surface area contributed by atoms with Crippen molar-refractivity contribution in [1.29, 1.82) is 5.26 Å². The first-order chi connectivity index (χ1) is 6.40. The van der Waals surface area contributed by atoms with E-state index in [-0.39, 0.29) is 0 Å². The van der Waals surface area contributed by atoms with E-state index in [1.165, 1.54) is 11.3 Å². The first kappa shape index (κ1) is 7.71. The molecule has 1 N–H and O–H groups in total. The van der Waals surface area contributed by atoms with Gasteiger partial charge in [-0.25, -0.2) is 0 Å². The number of hydrogen-bond acceptors (Lipinski definition) is 2. The monoisotopic (exact) mass is 168 g/mol. The van der Waals surface area contributed by atoms with Crippen molar-refractivity contribution in [3.63, 3.8) is 0 Å². The summed E-state index contributed by atoms with van der Waals surface area (Å²) in [5.41, 5.74) is 3.41. The number of benzene rings is 1. The Hall–Kier alpha value is -1.93. The maximum atomic E-state index is 8.29. The molecule has 2 nitrogen and oxygen atoms in total. The summed E-state index contributed by atoms with van der Waals surface area (Å²) >= 11 is 0. The van der Waals surface area contributed by atoms with E-state index in [0.29, 0.717) is 0 Å². The molecule has 1 aromatic rings. The summed E-state index contributed by atoms with van der Waals surface area (Å²) < 4.78 is 0. The van der Waals surface area contributed by atoms with Gasteiger partial charge in [0.2, 0.25) is 0 Å². The third kappa shape index (κ3) is 1.48. The molecule has 0 atom stereocenters. The number of nitriles is 1. The Morgan fingerprint density at radius 3 is 3.15 bits per heavy atom.